The van der Waals surface area contributed by atoms with E-state index < -0.39 is 0 Å². The lowest BCUT2D eigenvalue weighted by atomic mass is 10.0. The Labute approximate surface area is 317 Å². The van der Waals surface area contributed by atoms with Gasteiger partial charge in [0.2, 0.25) is 0 Å². The molecule has 0 fully saturated rings. The number of benzene rings is 7. The molecule has 0 saturated heterocycles. The van der Waals surface area contributed by atoms with Crippen LogP contribution in [-0.4, -0.2) is 24.9 Å². The molecule has 0 aliphatic rings. The lowest BCUT2D eigenvalue weighted by Crippen LogP contribution is -2.00. The molecule has 6 heteroatoms. The third-order valence-corrected chi connectivity index (χ3v) is 9.74. The second kappa shape index (κ2) is 13.8. The topological polar surface area (TPSA) is 77.6 Å². The van der Waals surface area contributed by atoms with E-state index in [-0.39, 0.29) is 0 Å². The molecule has 0 aliphatic carbocycles. The Morgan fingerprint density at radius 3 is 1.33 bits per heavy atom. The molecule has 0 atom stereocenters. The quantitative estimate of drug-likeness (QED) is 0.164. The van der Waals surface area contributed by atoms with Gasteiger partial charge in [0.25, 0.3) is 0 Å². The summed E-state index contributed by atoms with van der Waals surface area (Å²) in [7, 11) is 0. The Kier molecular flexibility index (Phi) is 8.04. The first kappa shape index (κ1) is 32.1. The first-order valence-electron chi connectivity index (χ1n) is 18.2. The molecular weight excluding hydrogens is 675 g/mol. The van der Waals surface area contributed by atoms with Crippen LogP contribution in [0.5, 0.6) is 0 Å². The van der Waals surface area contributed by atoms with Gasteiger partial charge in [-0.05, 0) is 47.5 Å². The lowest BCUT2D eigenvalue weighted by Gasteiger charge is -2.12. The summed E-state index contributed by atoms with van der Waals surface area (Å²) in [6.45, 7) is 0. The predicted molar refractivity (Wildman–Crippen MR) is 221 cm³/mol. The Balaban J connectivity index is 1.13. The van der Waals surface area contributed by atoms with Crippen LogP contribution in [-0.2, 0) is 0 Å². The number of nitrogens with zero attached hydrogens (tertiary/aromatic N) is 5. The molecule has 258 valence electrons. The summed E-state index contributed by atoms with van der Waals surface area (Å²) < 4.78 is 6.29. The molecule has 3 aromatic heterocycles. The van der Waals surface area contributed by atoms with Crippen molar-refractivity contribution in [2.45, 2.75) is 0 Å². The highest BCUT2D eigenvalue weighted by molar-refractivity contribution is 6.05. The van der Waals surface area contributed by atoms with E-state index in [2.05, 4.69) is 84.9 Å². The van der Waals surface area contributed by atoms with Crippen molar-refractivity contribution in [3.05, 3.63) is 188 Å². The summed E-state index contributed by atoms with van der Waals surface area (Å²) in [6.07, 6.45) is 0. The Hall–Kier alpha value is -7.57. The van der Waals surface area contributed by atoms with Crippen molar-refractivity contribution < 1.29 is 4.42 Å². The van der Waals surface area contributed by atoms with Gasteiger partial charge in [-0.3, -0.25) is 0 Å². The fourth-order valence-corrected chi connectivity index (χ4v) is 6.98. The molecule has 0 spiro atoms. The summed E-state index contributed by atoms with van der Waals surface area (Å²) in [5.74, 6) is 2.37. The maximum atomic E-state index is 6.29. The maximum absolute atomic E-state index is 6.29. The third kappa shape index (κ3) is 6.32. The van der Waals surface area contributed by atoms with Crippen molar-refractivity contribution in [1.82, 2.24) is 24.9 Å². The summed E-state index contributed by atoms with van der Waals surface area (Å²) in [4.78, 5) is 25.2. The molecule has 6 nitrogen and oxygen atoms in total. The molecule has 7 aromatic carbocycles. The van der Waals surface area contributed by atoms with Gasteiger partial charge in [-0.1, -0.05) is 152 Å². The second-order valence-electron chi connectivity index (χ2n) is 13.3. The summed E-state index contributed by atoms with van der Waals surface area (Å²) in [5.41, 5.74) is 11.0. The Bertz CT molecular complexity index is 2920. The van der Waals surface area contributed by atoms with Crippen molar-refractivity contribution in [2.24, 2.45) is 0 Å². The SMILES string of the molecule is c1ccc(-c2cccc(-c3cc(-c4ccc5c(c4)oc4ccccc45)nc(-c4cccc(-c5nc(-c6ccccc6)nc(-c6ccccc6)n5)c4)n3)c2)cc1. The largest absolute Gasteiger partial charge is 0.456 e. The molecule has 0 bridgehead atoms. The van der Waals surface area contributed by atoms with Gasteiger partial charge in [0.05, 0.1) is 11.4 Å². The van der Waals surface area contributed by atoms with Crippen LogP contribution in [0.25, 0.3) is 101 Å². The molecule has 10 aromatic rings. The molecule has 0 radical (unpaired) electrons. The van der Waals surface area contributed by atoms with Crippen molar-refractivity contribution in [3.8, 4) is 79.2 Å². The zero-order valence-electron chi connectivity index (χ0n) is 29.5. The van der Waals surface area contributed by atoms with Crippen LogP contribution in [0.15, 0.2) is 192 Å². The highest BCUT2D eigenvalue weighted by Crippen LogP contribution is 2.35. The van der Waals surface area contributed by atoms with E-state index in [4.69, 9.17) is 29.3 Å². The van der Waals surface area contributed by atoms with Gasteiger partial charge >= 0.3 is 0 Å². The molecule has 55 heavy (non-hydrogen) atoms. The first-order valence-corrected chi connectivity index (χ1v) is 18.2. The summed E-state index contributed by atoms with van der Waals surface area (Å²) >= 11 is 0. The van der Waals surface area contributed by atoms with Gasteiger partial charge in [0, 0.05) is 44.2 Å². The number of rotatable bonds is 7. The summed E-state index contributed by atoms with van der Waals surface area (Å²) in [5, 5.41) is 2.16. The van der Waals surface area contributed by atoms with E-state index in [0.717, 1.165) is 77.8 Å². The second-order valence-corrected chi connectivity index (χ2v) is 13.3. The minimum absolute atomic E-state index is 0.567. The van der Waals surface area contributed by atoms with Crippen molar-refractivity contribution in [3.63, 3.8) is 0 Å². The van der Waals surface area contributed by atoms with Gasteiger partial charge in [-0.2, -0.15) is 0 Å². The van der Waals surface area contributed by atoms with Gasteiger partial charge in [-0.15, -0.1) is 0 Å². The molecule has 10 rings (SSSR count). The van der Waals surface area contributed by atoms with Crippen LogP contribution in [0, 0.1) is 0 Å². The minimum Gasteiger partial charge on any atom is -0.456 e. The van der Waals surface area contributed by atoms with Crippen molar-refractivity contribution in [2.75, 3.05) is 0 Å². The zero-order valence-corrected chi connectivity index (χ0v) is 29.5. The van der Waals surface area contributed by atoms with Gasteiger partial charge in [-0.25, -0.2) is 24.9 Å². The maximum Gasteiger partial charge on any atom is 0.164 e. The minimum atomic E-state index is 0.567. The average Bonchev–Trinajstić information content (AvgIpc) is 3.65. The van der Waals surface area contributed by atoms with Crippen LogP contribution < -0.4 is 0 Å². The fraction of sp³-hybridized carbons (Fsp3) is 0. The molecular formula is C49H31N5O. The van der Waals surface area contributed by atoms with Gasteiger partial charge in [0.1, 0.15) is 11.2 Å². The number of furan rings is 1. The monoisotopic (exact) mass is 705 g/mol. The smallest absolute Gasteiger partial charge is 0.164 e. The van der Waals surface area contributed by atoms with E-state index in [0.29, 0.717) is 23.3 Å². The number of fused-ring (bicyclic) bond motifs is 3. The Morgan fingerprint density at radius 1 is 0.255 bits per heavy atom. The van der Waals surface area contributed by atoms with Crippen LogP contribution in [0.2, 0.25) is 0 Å². The van der Waals surface area contributed by atoms with E-state index in [1.54, 1.807) is 0 Å². The number of hydrogen-bond donors (Lipinski definition) is 0. The van der Waals surface area contributed by atoms with Gasteiger partial charge in [0.15, 0.2) is 23.3 Å². The van der Waals surface area contributed by atoms with Crippen molar-refractivity contribution in [1.29, 1.82) is 0 Å². The van der Waals surface area contributed by atoms with Crippen LogP contribution in [0.1, 0.15) is 0 Å². The average molecular weight is 706 g/mol. The summed E-state index contributed by atoms with van der Waals surface area (Å²) in [6, 6.07) is 63.5. The highest BCUT2D eigenvalue weighted by atomic mass is 16.3. The highest BCUT2D eigenvalue weighted by Gasteiger charge is 2.17. The van der Waals surface area contributed by atoms with Crippen molar-refractivity contribution >= 4 is 21.9 Å². The molecule has 0 N–H and O–H groups in total. The fourth-order valence-electron chi connectivity index (χ4n) is 6.98. The third-order valence-electron chi connectivity index (χ3n) is 9.74. The van der Waals surface area contributed by atoms with Crippen LogP contribution in [0.3, 0.4) is 0 Å². The molecule has 0 amide bonds. The van der Waals surface area contributed by atoms with E-state index in [1.807, 2.05) is 103 Å². The lowest BCUT2D eigenvalue weighted by molar-refractivity contribution is 0.669. The zero-order chi connectivity index (χ0) is 36.6. The van der Waals surface area contributed by atoms with Gasteiger partial charge < -0.3 is 4.42 Å². The molecule has 3 heterocycles. The number of para-hydroxylation sites is 1. The first-order chi connectivity index (χ1) is 27.2. The normalized spacial score (nSPS) is 11.3. The van der Waals surface area contributed by atoms with Crippen LogP contribution >= 0.6 is 0 Å². The number of hydrogen-bond acceptors (Lipinski definition) is 6. The predicted octanol–water partition coefficient (Wildman–Crippen LogP) is 12.2. The van der Waals surface area contributed by atoms with E-state index in [1.165, 1.54) is 0 Å². The standard InChI is InChI=1S/C49H31N5O/c1-4-14-32(15-5-1)35-20-12-21-36(28-35)42-31-43(37-26-27-41-40-24-10-11-25-44(40)55-45(41)30-37)51-48(50-42)38-22-13-23-39(29-38)49-53-46(33-16-6-2-7-17-33)52-47(54-49)34-18-8-3-9-19-34/h1-31H. The van der Waals surface area contributed by atoms with Crippen LogP contribution in [0.4, 0.5) is 0 Å². The van der Waals surface area contributed by atoms with E-state index >= 15 is 0 Å². The molecule has 0 saturated carbocycles. The number of aromatic nitrogens is 5. The molecule has 0 aliphatic heterocycles. The van der Waals surface area contributed by atoms with E-state index in [9.17, 15) is 0 Å². The molecule has 0 unspecified atom stereocenters. The Morgan fingerprint density at radius 2 is 0.691 bits per heavy atom.